The molecule has 126 valence electrons. The van der Waals surface area contributed by atoms with Crippen LogP contribution in [0.3, 0.4) is 0 Å². The summed E-state index contributed by atoms with van der Waals surface area (Å²) in [6, 6.07) is 7.40. The molecule has 6 heteroatoms. The van der Waals surface area contributed by atoms with Crippen molar-refractivity contribution in [2.75, 3.05) is 11.4 Å². The highest BCUT2D eigenvalue weighted by molar-refractivity contribution is 6.10. The van der Waals surface area contributed by atoms with Crippen LogP contribution < -0.4 is 10.2 Å². The molecule has 4 rings (SSSR count). The summed E-state index contributed by atoms with van der Waals surface area (Å²) in [6.45, 7) is 1.80. The quantitative estimate of drug-likeness (QED) is 0.843. The van der Waals surface area contributed by atoms with Crippen LogP contribution in [0.5, 0.6) is 0 Å². The number of nitrogens with one attached hydrogen (secondary N) is 1. The van der Waals surface area contributed by atoms with Crippen molar-refractivity contribution >= 4 is 23.5 Å². The minimum absolute atomic E-state index is 0.0381. The van der Waals surface area contributed by atoms with Crippen LogP contribution in [-0.2, 0) is 16.0 Å². The standard InChI is InChI=1S/C18H21N3O3/c1-12-10-13-6-2-3-7-14(13)21(12)15(22)11-20-16(23)18(19-17(20)24)8-4-5-9-18/h2-3,6-7,12H,4-5,8-11H2,1H3,(H,19,24)/t12-/m1/s1. The van der Waals surface area contributed by atoms with Gasteiger partial charge in [0.15, 0.2) is 0 Å². The highest BCUT2D eigenvalue weighted by Crippen LogP contribution is 2.36. The molecule has 2 heterocycles. The van der Waals surface area contributed by atoms with Gasteiger partial charge in [0, 0.05) is 11.7 Å². The molecule has 4 amide bonds. The predicted molar refractivity (Wildman–Crippen MR) is 88.5 cm³/mol. The maximum atomic E-state index is 12.8. The number of urea groups is 1. The number of carbonyl (C=O) groups is 3. The monoisotopic (exact) mass is 327 g/mol. The molecule has 1 aromatic carbocycles. The van der Waals surface area contributed by atoms with Gasteiger partial charge in [0.1, 0.15) is 12.1 Å². The fourth-order valence-electron chi connectivity index (χ4n) is 4.29. The number of nitrogens with zero attached hydrogens (tertiary/aromatic N) is 2. The number of amides is 4. The normalized spacial score (nSPS) is 24.6. The third-order valence-corrected chi connectivity index (χ3v) is 5.47. The fraction of sp³-hybridized carbons (Fsp3) is 0.500. The Hall–Kier alpha value is -2.37. The Morgan fingerprint density at radius 2 is 1.96 bits per heavy atom. The molecule has 0 aromatic heterocycles. The second-order valence-electron chi connectivity index (χ2n) is 7.06. The van der Waals surface area contributed by atoms with Crippen molar-refractivity contribution in [1.29, 1.82) is 0 Å². The van der Waals surface area contributed by atoms with E-state index in [-0.39, 0.29) is 24.4 Å². The second-order valence-corrected chi connectivity index (χ2v) is 7.06. The van der Waals surface area contributed by atoms with Crippen LogP contribution in [0.25, 0.3) is 0 Å². The van der Waals surface area contributed by atoms with Gasteiger partial charge in [0.25, 0.3) is 5.91 Å². The van der Waals surface area contributed by atoms with Crippen LogP contribution in [0, 0.1) is 0 Å². The Labute approximate surface area is 140 Å². The van der Waals surface area contributed by atoms with E-state index < -0.39 is 11.6 Å². The molecule has 1 saturated carbocycles. The molecular formula is C18H21N3O3. The minimum atomic E-state index is -0.758. The van der Waals surface area contributed by atoms with Gasteiger partial charge in [-0.2, -0.15) is 0 Å². The van der Waals surface area contributed by atoms with E-state index >= 15 is 0 Å². The van der Waals surface area contributed by atoms with Gasteiger partial charge in [0.2, 0.25) is 5.91 Å². The zero-order valence-corrected chi connectivity index (χ0v) is 13.7. The van der Waals surface area contributed by atoms with E-state index in [2.05, 4.69) is 5.32 Å². The number of benzene rings is 1. The summed E-state index contributed by atoms with van der Waals surface area (Å²) in [5.41, 5.74) is 1.26. The Morgan fingerprint density at radius 1 is 1.25 bits per heavy atom. The van der Waals surface area contributed by atoms with Gasteiger partial charge in [-0.15, -0.1) is 0 Å². The molecule has 1 aliphatic carbocycles. The molecule has 1 atom stereocenters. The van der Waals surface area contributed by atoms with E-state index in [1.807, 2.05) is 31.2 Å². The molecule has 1 aromatic rings. The summed E-state index contributed by atoms with van der Waals surface area (Å²) >= 11 is 0. The molecule has 2 aliphatic heterocycles. The summed E-state index contributed by atoms with van der Waals surface area (Å²) in [5.74, 6) is -0.440. The molecule has 1 spiro atoms. The lowest BCUT2D eigenvalue weighted by atomic mass is 9.98. The molecule has 0 bridgehead atoms. The Kier molecular flexibility index (Phi) is 3.37. The van der Waals surface area contributed by atoms with E-state index in [0.29, 0.717) is 12.8 Å². The first-order valence-corrected chi connectivity index (χ1v) is 8.56. The molecule has 2 fully saturated rings. The van der Waals surface area contributed by atoms with E-state index in [0.717, 1.165) is 35.4 Å². The van der Waals surface area contributed by atoms with Crippen LogP contribution >= 0.6 is 0 Å². The van der Waals surface area contributed by atoms with Crippen molar-refractivity contribution in [3.8, 4) is 0 Å². The first-order chi connectivity index (χ1) is 11.5. The number of anilines is 1. The van der Waals surface area contributed by atoms with Crippen LogP contribution in [0.2, 0.25) is 0 Å². The largest absolute Gasteiger partial charge is 0.325 e. The van der Waals surface area contributed by atoms with Crippen molar-refractivity contribution < 1.29 is 14.4 Å². The van der Waals surface area contributed by atoms with E-state index in [1.54, 1.807) is 4.90 Å². The molecule has 0 unspecified atom stereocenters. The van der Waals surface area contributed by atoms with Gasteiger partial charge >= 0.3 is 6.03 Å². The second kappa shape index (κ2) is 5.33. The first kappa shape index (κ1) is 15.2. The number of imide groups is 1. The smallest absolute Gasteiger partial charge is 0.323 e. The van der Waals surface area contributed by atoms with E-state index in [1.165, 1.54) is 0 Å². The highest BCUT2D eigenvalue weighted by atomic mass is 16.2. The number of carbonyl (C=O) groups excluding carboxylic acids is 3. The van der Waals surface area contributed by atoms with Crippen LogP contribution in [-0.4, -0.2) is 40.9 Å². The lowest BCUT2D eigenvalue weighted by Gasteiger charge is -2.25. The van der Waals surface area contributed by atoms with Crippen molar-refractivity contribution in [2.24, 2.45) is 0 Å². The summed E-state index contributed by atoms with van der Waals surface area (Å²) in [4.78, 5) is 40.6. The van der Waals surface area contributed by atoms with Crippen LogP contribution in [0.15, 0.2) is 24.3 Å². The van der Waals surface area contributed by atoms with Gasteiger partial charge in [0.05, 0.1) is 0 Å². The van der Waals surface area contributed by atoms with Gasteiger partial charge in [-0.05, 0) is 37.8 Å². The number of fused-ring (bicyclic) bond motifs is 1. The summed E-state index contributed by atoms with van der Waals surface area (Å²) in [7, 11) is 0. The topological polar surface area (TPSA) is 69.7 Å². The van der Waals surface area contributed by atoms with E-state index in [9.17, 15) is 14.4 Å². The lowest BCUT2D eigenvalue weighted by molar-refractivity contribution is -0.134. The van der Waals surface area contributed by atoms with Crippen LogP contribution in [0.1, 0.15) is 38.2 Å². The number of rotatable bonds is 2. The van der Waals surface area contributed by atoms with E-state index in [4.69, 9.17) is 0 Å². The Balaban J connectivity index is 1.55. The first-order valence-electron chi connectivity index (χ1n) is 8.56. The molecule has 0 radical (unpaired) electrons. The molecule has 1 saturated heterocycles. The van der Waals surface area contributed by atoms with Gasteiger partial charge < -0.3 is 10.2 Å². The van der Waals surface area contributed by atoms with Crippen molar-refractivity contribution in [3.05, 3.63) is 29.8 Å². The fourth-order valence-corrected chi connectivity index (χ4v) is 4.29. The maximum Gasteiger partial charge on any atom is 0.325 e. The Bertz CT molecular complexity index is 724. The van der Waals surface area contributed by atoms with Gasteiger partial charge in [-0.3, -0.25) is 14.5 Å². The lowest BCUT2D eigenvalue weighted by Crippen LogP contribution is -2.47. The average Bonchev–Trinajstić information content (AvgIpc) is 3.20. The number of hydrogen-bond donors (Lipinski definition) is 1. The third-order valence-electron chi connectivity index (χ3n) is 5.47. The third kappa shape index (κ3) is 2.12. The predicted octanol–water partition coefficient (Wildman–Crippen LogP) is 1.83. The summed E-state index contributed by atoms with van der Waals surface area (Å²) < 4.78 is 0. The minimum Gasteiger partial charge on any atom is -0.323 e. The SMILES string of the molecule is C[C@@H]1Cc2ccccc2N1C(=O)CN1C(=O)NC2(CCCC2)C1=O. The zero-order valence-electron chi connectivity index (χ0n) is 13.7. The molecule has 3 aliphatic rings. The molecule has 24 heavy (non-hydrogen) atoms. The van der Waals surface area contributed by atoms with Crippen molar-refractivity contribution in [2.45, 2.75) is 50.6 Å². The highest BCUT2D eigenvalue weighted by Gasteiger charge is 2.53. The molecule has 6 nitrogen and oxygen atoms in total. The maximum absolute atomic E-state index is 12.8. The van der Waals surface area contributed by atoms with Crippen molar-refractivity contribution in [3.63, 3.8) is 0 Å². The Morgan fingerprint density at radius 3 is 2.71 bits per heavy atom. The number of para-hydroxylation sites is 1. The summed E-state index contributed by atoms with van der Waals surface area (Å²) in [5, 5.41) is 2.82. The zero-order chi connectivity index (χ0) is 16.9. The van der Waals surface area contributed by atoms with Gasteiger partial charge in [-0.1, -0.05) is 31.0 Å². The van der Waals surface area contributed by atoms with Crippen molar-refractivity contribution in [1.82, 2.24) is 10.2 Å². The average molecular weight is 327 g/mol. The van der Waals surface area contributed by atoms with Crippen LogP contribution in [0.4, 0.5) is 10.5 Å². The molecular weight excluding hydrogens is 306 g/mol. The van der Waals surface area contributed by atoms with Gasteiger partial charge in [-0.25, -0.2) is 4.79 Å². The number of hydrogen-bond acceptors (Lipinski definition) is 3. The summed E-state index contributed by atoms with van der Waals surface area (Å²) in [6.07, 6.45) is 4.01. The molecule has 1 N–H and O–H groups in total.